The molecule has 3 N–H and O–H groups in total. The molecule has 2 aromatic rings. The zero-order valence-corrected chi connectivity index (χ0v) is 21.9. The summed E-state index contributed by atoms with van der Waals surface area (Å²) < 4.78 is 38.8. The Bertz CT molecular complexity index is 1190. The summed E-state index contributed by atoms with van der Waals surface area (Å²) in [6, 6.07) is 13.3. The number of nitrogens with zero attached hydrogens (tertiary/aromatic N) is 2. The van der Waals surface area contributed by atoms with Crippen LogP contribution in [0.2, 0.25) is 0 Å². The number of halogens is 3. The molecule has 0 radical (unpaired) electrons. The number of anilines is 1. The Hall–Kier alpha value is -2.88. The monoisotopic (exact) mass is 543 g/mol. The minimum Gasteiger partial charge on any atom is -0.389 e. The number of aliphatic hydroxyl groups excluding tert-OH is 1. The third-order valence-electron chi connectivity index (χ3n) is 8.70. The molecule has 3 aliphatic heterocycles. The van der Waals surface area contributed by atoms with Crippen molar-refractivity contribution in [1.29, 1.82) is 0 Å². The molecule has 2 aromatic carbocycles. The van der Waals surface area contributed by atoms with Gasteiger partial charge in [0.05, 0.1) is 17.3 Å². The molecule has 6 nitrogen and oxygen atoms in total. The first-order valence-electron chi connectivity index (χ1n) is 13.7. The number of carbonyl (C=O) groups excluding carboxylic acids is 1. The number of benzene rings is 2. The van der Waals surface area contributed by atoms with Gasteiger partial charge in [0.2, 0.25) is 5.91 Å². The quantitative estimate of drug-likeness (QED) is 0.473. The number of piperidine rings is 2. The SMILES string of the molecule is O=C(/C=C/c1cccc(C(F)(F)F)c1)N1CCC(O)(C(O)CN2CCC(C3CNc4ccccc43)CC2)CC1. The van der Waals surface area contributed by atoms with E-state index in [0.717, 1.165) is 44.6 Å². The Balaban J connectivity index is 1.08. The number of para-hydroxylation sites is 1. The summed E-state index contributed by atoms with van der Waals surface area (Å²) in [6.45, 7) is 3.66. The van der Waals surface area contributed by atoms with Gasteiger partial charge in [0, 0.05) is 43.9 Å². The standard InChI is InChI=1S/C30H36F3N3O3/c31-30(32,33)23-5-3-4-21(18-23)8-9-28(38)36-16-12-29(39,13-17-36)27(37)20-35-14-10-22(11-15-35)25-19-34-26-7-2-1-6-24(25)26/h1-9,18,22,25,27,34,37,39H,10-17,19-20H2/b9-8+. The lowest BCUT2D eigenvalue weighted by Crippen LogP contribution is -2.56. The Morgan fingerprint density at radius 3 is 2.51 bits per heavy atom. The molecule has 0 aromatic heterocycles. The van der Waals surface area contributed by atoms with E-state index in [1.54, 1.807) is 4.90 Å². The number of fused-ring (bicyclic) bond motifs is 1. The van der Waals surface area contributed by atoms with Gasteiger partial charge < -0.3 is 25.3 Å². The second-order valence-corrected chi connectivity index (χ2v) is 11.1. The number of hydrogen-bond acceptors (Lipinski definition) is 5. The second-order valence-electron chi connectivity index (χ2n) is 11.1. The van der Waals surface area contributed by atoms with E-state index in [9.17, 15) is 28.2 Å². The first kappa shape index (κ1) is 27.7. The van der Waals surface area contributed by atoms with Gasteiger partial charge >= 0.3 is 6.18 Å². The minimum atomic E-state index is -4.44. The summed E-state index contributed by atoms with van der Waals surface area (Å²) in [5, 5.41) is 25.6. The van der Waals surface area contributed by atoms with Crippen molar-refractivity contribution in [2.75, 3.05) is 44.6 Å². The topological polar surface area (TPSA) is 76.0 Å². The normalized spacial score (nSPS) is 23.0. The van der Waals surface area contributed by atoms with Crippen molar-refractivity contribution in [2.24, 2.45) is 5.92 Å². The molecule has 0 bridgehead atoms. The van der Waals surface area contributed by atoms with Crippen LogP contribution in [0.5, 0.6) is 0 Å². The molecule has 2 atom stereocenters. The van der Waals surface area contributed by atoms with E-state index in [-0.39, 0.29) is 31.8 Å². The molecule has 3 aliphatic rings. The summed E-state index contributed by atoms with van der Waals surface area (Å²) in [5.74, 6) is 0.784. The number of β-amino-alcohol motifs (C(OH)–C–C–N with tert-alkyl or cyclic N) is 1. The highest BCUT2D eigenvalue weighted by atomic mass is 19.4. The average Bonchev–Trinajstić information content (AvgIpc) is 3.36. The molecule has 39 heavy (non-hydrogen) atoms. The van der Waals surface area contributed by atoms with Gasteiger partial charge in [0.15, 0.2) is 0 Å². The average molecular weight is 544 g/mol. The molecule has 2 unspecified atom stereocenters. The van der Waals surface area contributed by atoms with E-state index in [4.69, 9.17) is 0 Å². The number of carbonyl (C=O) groups is 1. The highest BCUT2D eigenvalue weighted by molar-refractivity contribution is 5.91. The largest absolute Gasteiger partial charge is 0.416 e. The number of rotatable bonds is 6. The van der Waals surface area contributed by atoms with Crippen molar-refractivity contribution in [3.63, 3.8) is 0 Å². The van der Waals surface area contributed by atoms with Crippen LogP contribution in [0.4, 0.5) is 18.9 Å². The zero-order valence-electron chi connectivity index (χ0n) is 21.9. The molecule has 5 rings (SSSR count). The van der Waals surface area contributed by atoms with Gasteiger partial charge in [-0.1, -0.05) is 30.3 Å². The van der Waals surface area contributed by atoms with Crippen molar-refractivity contribution in [1.82, 2.24) is 9.80 Å². The summed E-state index contributed by atoms with van der Waals surface area (Å²) in [4.78, 5) is 16.4. The van der Waals surface area contributed by atoms with Crippen LogP contribution < -0.4 is 5.32 Å². The van der Waals surface area contributed by atoms with Gasteiger partial charge in [-0.05, 0) is 80.1 Å². The van der Waals surface area contributed by atoms with Gasteiger partial charge in [0.25, 0.3) is 0 Å². The molecule has 0 spiro atoms. The number of hydrogen-bond donors (Lipinski definition) is 3. The van der Waals surface area contributed by atoms with Crippen molar-refractivity contribution >= 4 is 17.7 Å². The Kier molecular flexibility index (Phi) is 8.03. The highest BCUT2D eigenvalue weighted by Crippen LogP contribution is 2.40. The van der Waals surface area contributed by atoms with Gasteiger partial charge in [-0.15, -0.1) is 0 Å². The van der Waals surface area contributed by atoms with Crippen molar-refractivity contribution in [2.45, 2.75) is 49.5 Å². The fourth-order valence-corrected chi connectivity index (χ4v) is 6.22. The van der Waals surface area contributed by atoms with Crippen molar-refractivity contribution in [3.05, 3.63) is 71.3 Å². The number of alkyl halides is 3. The maximum absolute atomic E-state index is 12.9. The molecular weight excluding hydrogens is 507 g/mol. The van der Waals surface area contributed by atoms with Crippen LogP contribution in [0.1, 0.15) is 48.3 Å². The number of aliphatic hydroxyl groups is 2. The molecular formula is C30H36F3N3O3. The summed E-state index contributed by atoms with van der Waals surface area (Å²) in [5.41, 5.74) is 0.889. The first-order valence-corrected chi connectivity index (χ1v) is 13.7. The predicted molar refractivity (Wildman–Crippen MR) is 144 cm³/mol. The van der Waals surface area contributed by atoms with Crippen molar-refractivity contribution in [3.8, 4) is 0 Å². The molecule has 210 valence electrons. The number of likely N-dealkylation sites (tertiary alicyclic amines) is 2. The molecule has 0 saturated carbocycles. The van der Waals surface area contributed by atoms with Crippen LogP contribution in [0.25, 0.3) is 6.08 Å². The van der Waals surface area contributed by atoms with E-state index in [1.807, 2.05) is 0 Å². The molecule has 0 aliphatic carbocycles. The van der Waals surface area contributed by atoms with Crippen LogP contribution in [-0.2, 0) is 11.0 Å². The fourth-order valence-electron chi connectivity index (χ4n) is 6.22. The third-order valence-corrected chi connectivity index (χ3v) is 8.70. The Morgan fingerprint density at radius 1 is 1.08 bits per heavy atom. The highest BCUT2D eigenvalue weighted by Gasteiger charge is 2.41. The van der Waals surface area contributed by atoms with E-state index < -0.39 is 23.4 Å². The molecule has 2 saturated heterocycles. The van der Waals surface area contributed by atoms with E-state index >= 15 is 0 Å². The lowest BCUT2D eigenvalue weighted by atomic mass is 9.80. The van der Waals surface area contributed by atoms with Crippen LogP contribution in [0.15, 0.2) is 54.6 Å². The third kappa shape index (κ3) is 6.31. The lowest BCUT2D eigenvalue weighted by Gasteiger charge is -2.43. The van der Waals surface area contributed by atoms with Crippen molar-refractivity contribution < 1.29 is 28.2 Å². The maximum Gasteiger partial charge on any atom is 0.416 e. The van der Waals surface area contributed by atoms with Crippen LogP contribution in [-0.4, -0.2) is 76.9 Å². The predicted octanol–water partition coefficient (Wildman–Crippen LogP) is 4.35. The zero-order chi connectivity index (χ0) is 27.6. The smallest absolute Gasteiger partial charge is 0.389 e. The molecule has 1 amide bonds. The van der Waals surface area contributed by atoms with E-state index in [1.165, 1.54) is 35.5 Å². The van der Waals surface area contributed by atoms with Gasteiger partial charge in [-0.3, -0.25) is 4.79 Å². The van der Waals surface area contributed by atoms with E-state index in [0.29, 0.717) is 23.9 Å². The number of amides is 1. The Morgan fingerprint density at radius 2 is 1.79 bits per heavy atom. The van der Waals surface area contributed by atoms with E-state index in [2.05, 4.69) is 34.5 Å². The fraction of sp³-hybridized carbons (Fsp3) is 0.500. The molecule has 3 heterocycles. The number of nitrogens with one attached hydrogen (secondary N) is 1. The second kappa shape index (κ2) is 11.3. The van der Waals surface area contributed by atoms with Gasteiger partial charge in [-0.2, -0.15) is 13.2 Å². The van der Waals surface area contributed by atoms with Crippen LogP contribution in [0.3, 0.4) is 0 Å². The molecule has 2 fully saturated rings. The van der Waals surface area contributed by atoms with Gasteiger partial charge in [-0.25, -0.2) is 0 Å². The lowest BCUT2D eigenvalue weighted by molar-refractivity contribution is -0.140. The maximum atomic E-state index is 12.9. The minimum absolute atomic E-state index is 0.248. The summed E-state index contributed by atoms with van der Waals surface area (Å²) in [6.07, 6.45) is -0.132. The first-order chi connectivity index (χ1) is 18.6. The Labute approximate surface area is 227 Å². The van der Waals surface area contributed by atoms with Crippen LogP contribution in [0, 0.1) is 5.92 Å². The molecule has 9 heteroatoms. The summed E-state index contributed by atoms with van der Waals surface area (Å²) in [7, 11) is 0. The van der Waals surface area contributed by atoms with Gasteiger partial charge in [0.1, 0.15) is 0 Å². The van der Waals surface area contributed by atoms with Crippen LogP contribution >= 0.6 is 0 Å². The summed E-state index contributed by atoms with van der Waals surface area (Å²) >= 11 is 0.